The molecule has 0 radical (unpaired) electrons. The summed E-state index contributed by atoms with van der Waals surface area (Å²) < 4.78 is 44.2. The molecule has 0 saturated carbocycles. The van der Waals surface area contributed by atoms with E-state index < -0.39 is 11.7 Å². The maximum atomic E-state index is 13.1. The minimum absolute atomic E-state index is 0.167. The van der Waals surface area contributed by atoms with E-state index in [2.05, 4.69) is 22.9 Å². The minimum Gasteiger partial charge on any atom is -0.481 e. The molecule has 2 rings (SSSR count). The van der Waals surface area contributed by atoms with Crippen LogP contribution in [0.1, 0.15) is 18.1 Å². The fourth-order valence-corrected chi connectivity index (χ4v) is 2.21. The molecular formula is C17H20F3N3OS. The lowest BCUT2D eigenvalue weighted by Gasteiger charge is -2.24. The zero-order valence-electron chi connectivity index (χ0n) is 14.0. The predicted octanol–water partition coefficient (Wildman–Crippen LogP) is 4.04. The number of pyridine rings is 1. The third-order valence-corrected chi connectivity index (χ3v) is 3.36. The van der Waals surface area contributed by atoms with E-state index in [9.17, 15) is 13.2 Å². The highest BCUT2D eigenvalue weighted by Crippen LogP contribution is 2.33. The normalized spacial score (nSPS) is 10.4. The second-order valence-corrected chi connectivity index (χ2v) is 5.14. The molecule has 0 amide bonds. The van der Waals surface area contributed by atoms with Gasteiger partial charge in [0.25, 0.3) is 0 Å². The van der Waals surface area contributed by atoms with Crippen molar-refractivity contribution in [3.05, 3.63) is 53.7 Å². The van der Waals surface area contributed by atoms with E-state index >= 15 is 0 Å². The third-order valence-electron chi connectivity index (χ3n) is 3.36. The smallest absolute Gasteiger partial charge is 0.416 e. The molecule has 0 fully saturated rings. The molecule has 0 aliphatic carbocycles. The number of thiocarbonyl (C=S) groups is 1. The lowest BCUT2D eigenvalue weighted by Crippen LogP contribution is -2.24. The van der Waals surface area contributed by atoms with Crippen molar-refractivity contribution in [2.45, 2.75) is 19.6 Å². The number of nitrogens with two attached hydrogens (primary N) is 1. The lowest BCUT2D eigenvalue weighted by atomic mass is 10.1. The van der Waals surface area contributed by atoms with Crippen LogP contribution in [0.25, 0.3) is 0 Å². The van der Waals surface area contributed by atoms with Crippen LogP contribution in [0.3, 0.4) is 0 Å². The van der Waals surface area contributed by atoms with Crippen molar-refractivity contribution in [1.82, 2.24) is 4.98 Å². The Hall–Kier alpha value is -2.35. The summed E-state index contributed by atoms with van der Waals surface area (Å²) in [5.41, 5.74) is 6.01. The summed E-state index contributed by atoms with van der Waals surface area (Å²) in [4.78, 5) is 5.92. The monoisotopic (exact) mass is 371 g/mol. The molecule has 2 aromatic rings. The first-order valence-corrected chi connectivity index (χ1v) is 7.89. The van der Waals surface area contributed by atoms with Crippen LogP contribution in [-0.4, -0.2) is 24.1 Å². The Balaban J connectivity index is 0.000000970. The maximum absolute atomic E-state index is 13.1. The Bertz CT molecular complexity index is 663. The summed E-state index contributed by atoms with van der Waals surface area (Å²) in [6.45, 7) is 2.63. The van der Waals surface area contributed by atoms with E-state index in [1.807, 2.05) is 11.8 Å². The van der Waals surface area contributed by atoms with E-state index in [4.69, 9.17) is 4.74 Å². The minimum atomic E-state index is -4.35. The molecule has 0 aliphatic heterocycles. The maximum Gasteiger partial charge on any atom is 0.416 e. The largest absolute Gasteiger partial charge is 0.481 e. The molecule has 8 heteroatoms. The molecule has 0 aliphatic rings. The fraction of sp³-hybridized carbons (Fsp3) is 0.294. The van der Waals surface area contributed by atoms with E-state index in [0.29, 0.717) is 12.4 Å². The van der Waals surface area contributed by atoms with Gasteiger partial charge in [-0.05, 0) is 24.6 Å². The van der Waals surface area contributed by atoms with Gasteiger partial charge in [-0.25, -0.2) is 4.98 Å². The summed E-state index contributed by atoms with van der Waals surface area (Å²) in [6, 6.07) is 9.10. The molecule has 4 nitrogen and oxygen atoms in total. The number of ether oxygens (including phenoxy) is 1. The number of methoxy groups -OCH3 is 1. The van der Waals surface area contributed by atoms with Crippen molar-refractivity contribution in [3.63, 3.8) is 0 Å². The standard InChI is InChI=1S/C16H17F3N2O.CH3NS/c1-3-21(13-8-9-15(22-2)20-10-13)11-12-6-4-5-7-14(12)16(17,18)19;2-1-3/h4-10H,3,11H2,1-2H3;1H,(H2,2,3). The number of nitrogens with zero attached hydrogens (tertiary/aromatic N) is 2. The van der Waals surface area contributed by atoms with Gasteiger partial charge >= 0.3 is 6.18 Å². The van der Waals surface area contributed by atoms with Gasteiger partial charge in [-0.3, -0.25) is 0 Å². The van der Waals surface area contributed by atoms with Crippen LogP contribution in [0.15, 0.2) is 42.6 Å². The molecule has 2 N–H and O–H groups in total. The number of benzene rings is 1. The van der Waals surface area contributed by atoms with Gasteiger partial charge in [0.15, 0.2) is 0 Å². The molecule has 0 unspecified atom stereocenters. The van der Waals surface area contributed by atoms with Crippen LogP contribution >= 0.6 is 12.2 Å². The van der Waals surface area contributed by atoms with Gasteiger partial charge in [0.1, 0.15) is 0 Å². The molecule has 1 aromatic heterocycles. The van der Waals surface area contributed by atoms with Crippen molar-refractivity contribution < 1.29 is 17.9 Å². The SMILES string of the molecule is CCN(Cc1ccccc1C(F)(F)F)c1ccc(OC)nc1.NC=S. The number of anilines is 1. The van der Waals surface area contributed by atoms with Gasteiger partial charge in [0.05, 0.1) is 30.0 Å². The second kappa shape index (κ2) is 9.83. The Kier molecular flexibility index (Phi) is 8.13. The highest BCUT2D eigenvalue weighted by Gasteiger charge is 2.33. The average Bonchev–Trinajstić information content (AvgIpc) is 2.60. The molecule has 1 aromatic carbocycles. The fourth-order valence-electron chi connectivity index (χ4n) is 2.21. The quantitative estimate of drug-likeness (QED) is 0.804. The number of hydrogen-bond acceptors (Lipinski definition) is 4. The Morgan fingerprint density at radius 2 is 1.88 bits per heavy atom. The van der Waals surface area contributed by atoms with Crippen LogP contribution < -0.4 is 15.4 Å². The van der Waals surface area contributed by atoms with E-state index in [-0.39, 0.29) is 12.1 Å². The van der Waals surface area contributed by atoms with E-state index in [1.54, 1.807) is 24.4 Å². The first-order valence-electron chi connectivity index (χ1n) is 7.42. The van der Waals surface area contributed by atoms with Crippen LogP contribution in [-0.2, 0) is 12.7 Å². The van der Waals surface area contributed by atoms with Crippen LogP contribution in [0.2, 0.25) is 0 Å². The third kappa shape index (κ3) is 6.22. The predicted molar refractivity (Wildman–Crippen MR) is 96.8 cm³/mol. The Labute approximate surface area is 150 Å². The van der Waals surface area contributed by atoms with Crippen molar-refractivity contribution in [2.24, 2.45) is 5.73 Å². The van der Waals surface area contributed by atoms with Crippen LogP contribution in [0.4, 0.5) is 18.9 Å². The highest BCUT2D eigenvalue weighted by molar-refractivity contribution is 7.78. The molecule has 0 bridgehead atoms. The number of aromatic nitrogens is 1. The topological polar surface area (TPSA) is 51.4 Å². The average molecular weight is 371 g/mol. The van der Waals surface area contributed by atoms with Gasteiger partial charge in [-0.15, -0.1) is 0 Å². The zero-order chi connectivity index (χ0) is 18.9. The summed E-state index contributed by atoms with van der Waals surface area (Å²) >= 11 is 4.05. The highest BCUT2D eigenvalue weighted by atomic mass is 32.1. The summed E-state index contributed by atoms with van der Waals surface area (Å²) in [5.74, 6) is 0.468. The molecule has 0 atom stereocenters. The summed E-state index contributed by atoms with van der Waals surface area (Å²) in [5, 5.41) is 0. The van der Waals surface area contributed by atoms with Gasteiger partial charge in [-0.1, -0.05) is 30.4 Å². The molecular weight excluding hydrogens is 351 g/mol. The Morgan fingerprint density at radius 1 is 1.24 bits per heavy atom. The number of halogens is 3. The second-order valence-electron chi connectivity index (χ2n) is 4.86. The van der Waals surface area contributed by atoms with E-state index in [0.717, 1.165) is 17.2 Å². The summed E-state index contributed by atoms with van der Waals surface area (Å²) in [7, 11) is 1.51. The van der Waals surface area contributed by atoms with Crippen LogP contribution in [0.5, 0.6) is 5.88 Å². The van der Waals surface area contributed by atoms with Gasteiger partial charge in [0.2, 0.25) is 5.88 Å². The molecule has 0 saturated heterocycles. The van der Waals surface area contributed by atoms with Gasteiger partial charge < -0.3 is 15.4 Å². The molecule has 0 spiro atoms. The van der Waals surface area contributed by atoms with Gasteiger partial charge in [0, 0.05) is 19.2 Å². The molecule has 25 heavy (non-hydrogen) atoms. The van der Waals surface area contributed by atoms with Crippen molar-refractivity contribution in [1.29, 1.82) is 0 Å². The van der Waals surface area contributed by atoms with Crippen molar-refractivity contribution in [3.8, 4) is 5.88 Å². The number of hydrogen-bond donors (Lipinski definition) is 1. The molecule has 136 valence electrons. The van der Waals surface area contributed by atoms with Gasteiger partial charge in [-0.2, -0.15) is 13.2 Å². The zero-order valence-corrected chi connectivity index (χ0v) is 14.8. The lowest BCUT2D eigenvalue weighted by molar-refractivity contribution is -0.138. The Morgan fingerprint density at radius 3 is 2.36 bits per heavy atom. The van der Waals surface area contributed by atoms with Crippen molar-refractivity contribution in [2.75, 3.05) is 18.6 Å². The number of alkyl halides is 3. The summed E-state index contributed by atoms with van der Waals surface area (Å²) in [6.07, 6.45) is -2.76. The van der Waals surface area contributed by atoms with Crippen molar-refractivity contribution >= 4 is 23.4 Å². The van der Waals surface area contributed by atoms with E-state index in [1.165, 1.54) is 19.2 Å². The number of rotatable bonds is 5. The first-order chi connectivity index (χ1) is 11.9. The first kappa shape index (κ1) is 20.7. The molecule has 1 heterocycles. The van der Waals surface area contributed by atoms with Crippen LogP contribution in [0, 0.1) is 0 Å².